The summed E-state index contributed by atoms with van der Waals surface area (Å²) in [4.78, 5) is 7.54. The molecule has 2 saturated heterocycles. The van der Waals surface area contributed by atoms with Gasteiger partial charge in [0.1, 0.15) is 0 Å². The Labute approximate surface area is 173 Å². The van der Waals surface area contributed by atoms with E-state index in [1.807, 2.05) is 23.9 Å². The summed E-state index contributed by atoms with van der Waals surface area (Å²) in [5, 5.41) is 4.06. The van der Waals surface area contributed by atoms with Gasteiger partial charge in [-0.05, 0) is 43.9 Å². The molecule has 2 aliphatic heterocycles. The highest BCUT2D eigenvalue weighted by atomic mass is 32.2. The number of benzene rings is 1. The number of nitrogens with one attached hydrogen (secondary N) is 1. The van der Waals surface area contributed by atoms with E-state index in [0.29, 0.717) is 29.8 Å². The lowest BCUT2D eigenvalue weighted by atomic mass is 10.2. The summed E-state index contributed by atoms with van der Waals surface area (Å²) in [6, 6.07) is 7.21. The molecule has 2 heterocycles. The van der Waals surface area contributed by atoms with E-state index in [9.17, 15) is 8.42 Å². The van der Waals surface area contributed by atoms with Gasteiger partial charge >= 0.3 is 0 Å². The number of hydrogen-bond donors (Lipinski definition) is 1. The highest BCUT2D eigenvalue weighted by molar-refractivity contribution is 8.00. The molecule has 0 aliphatic carbocycles. The fourth-order valence-electron chi connectivity index (χ4n) is 3.60. The van der Waals surface area contributed by atoms with Gasteiger partial charge in [-0.2, -0.15) is 16.1 Å². The molecule has 2 fully saturated rings. The molecule has 1 atom stereocenters. The SMILES string of the molecule is CCNC(=NCc1ccc(S(=O)(=O)N2CCCC2)cc1)N1CCSC(CC)C1. The number of thioether (sulfide) groups is 1. The first-order chi connectivity index (χ1) is 13.5. The zero-order valence-electron chi connectivity index (χ0n) is 16.9. The standard InChI is InChI=1S/C20H32N4O2S2/c1-3-18-16-23(13-14-27-18)20(21-4-2)22-15-17-7-9-19(10-8-17)28(25,26)24-11-5-6-12-24/h7-10,18H,3-6,11-16H2,1-2H3,(H,21,22). The van der Waals surface area contributed by atoms with E-state index in [1.165, 1.54) is 6.42 Å². The monoisotopic (exact) mass is 424 g/mol. The van der Waals surface area contributed by atoms with Crippen molar-refractivity contribution < 1.29 is 8.42 Å². The Hall–Kier alpha value is -1.25. The van der Waals surface area contributed by atoms with E-state index in [0.717, 1.165) is 49.8 Å². The predicted octanol–water partition coefficient (Wildman–Crippen LogP) is 2.76. The third-order valence-corrected chi connectivity index (χ3v) is 8.55. The molecule has 0 amide bonds. The first kappa shape index (κ1) is 21.5. The first-order valence-electron chi connectivity index (χ1n) is 10.3. The Bertz CT molecular complexity index is 759. The van der Waals surface area contributed by atoms with Gasteiger partial charge in [0.2, 0.25) is 10.0 Å². The normalized spacial score (nSPS) is 21.9. The molecular formula is C20H32N4O2S2. The Kier molecular flexibility index (Phi) is 7.65. The molecule has 0 aromatic heterocycles. The molecule has 1 aromatic rings. The zero-order chi connectivity index (χ0) is 20.0. The molecule has 1 N–H and O–H groups in total. The summed E-state index contributed by atoms with van der Waals surface area (Å²) >= 11 is 2.05. The van der Waals surface area contributed by atoms with Crippen molar-refractivity contribution in [2.45, 2.75) is 49.8 Å². The highest BCUT2D eigenvalue weighted by Gasteiger charge is 2.27. The lowest BCUT2D eigenvalue weighted by molar-refractivity contribution is 0.408. The van der Waals surface area contributed by atoms with E-state index in [-0.39, 0.29) is 0 Å². The first-order valence-corrected chi connectivity index (χ1v) is 12.8. The lowest BCUT2D eigenvalue weighted by Gasteiger charge is -2.34. The summed E-state index contributed by atoms with van der Waals surface area (Å²) in [5.74, 6) is 2.08. The van der Waals surface area contributed by atoms with E-state index in [2.05, 4.69) is 24.1 Å². The van der Waals surface area contributed by atoms with Crippen LogP contribution in [0.3, 0.4) is 0 Å². The lowest BCUT2D eigenvalue weighted by Crippen LogP contribution is -2.48. The molecule has 1 unspecified atom stereocenters. The van der Waals surface area contributed by atoms with Crippen molar-refractivity contribution in [3.05, 3.63) is 29.8 Å². The van der Waals surface area contributed by atoms with Crippen LogP contribution in [0, 0.1) is 0 Å². The summed E-state index contributed by atoms with van der Waals surface area (Å²) in [6.07, 6.45) is 3.08. The molecule has 0 spiro atoms. The fraction of sp³-hybridized carbons (Fsp3) is 0.650. The minimum Gasteiger partial charge on any atom is -0.357 e. The van der Waals surface area contributed by atoms with Crippen LogP contribution in [0.1, 0.15) is 38.7 Å². The molecule has 28 heavy (non-hydrogen) atoms. The molecule has 6 nitrogen and oxygen atoms in total. The van der Waals surface area contributed by atoms with Crippen molar-refractivity contribution in [3.63, 3.8) is 0 Å². The number of aliphatic imine (C=N–C) groups is 1. The van der Waals surface area contributed by atoms with Gasteiger partial charge in [-0.25, -0.2) is 13.4 Å². The second-order valence-electron chi connectivity index (χ2n) is 7.27. The Morgan fingerprint density at radius 2 is 1.89 bits per heavy atom. The largest absolute Gasteiger partial charge is 0.357 e. The van der Waals surface area contributed by atoms with Crippen LogP contribution in [0.15, 0.2) is 34.2 Å². The number of rotatable bonds is 6. The van der Waals surface area contributed by atoms with Crippen LogP contribution < -0.4 is 5.32 Å². The minimum absolute atomic E-state index is 0.382. The van der Waals surface area contributed by atoms with Crippen molar-refractivity contribution in [1.82, 2.24) is 14.5 Å². The van der Waals surface area contributed by atoms with Crippen LogP contribution in [-0.4, -0.2) is 67.3 Å². The highest BCUT2D eigenvalue weighted by Crippen LogP contribution is 2.22. The summed E-state index contributed by atoms with van der Waals surface area (Å²) in [5.41, 5.74) is 1.02. The van der Waals surface area contributed by atoms with Gasteiger partial charge in [0.25, 0.3) is 0 Å². The minimum atomic E-state index is -3.35. The third kappa shape index (κ3) is 5.21. The van der Waals surface area contributed by atoms with Crippen LogP contribution in [-0.2, 0) is 16.6 Å². The van der Waals surface area contributed by atoms with E-state index in [1.54, 1.807) is 16.4 Å². The van der Waals surface area contributed by atoms with Gasteiger partial charge < -0.3 is 10.2 Å². The van der Waals surface area contributed by atoms with Crippen molar-refractivity contribution in [3.8, 4) is 0 Å². The van der Waals surface area contributed by atoms with Gasteiger partial charge in [0, 0.05) is 43.7 Å². The molecule has 8 heteroatoms. The summed E-state index contributed by atoms with van der Waals surface area (Å²) in [7, 11) is -3.35. The van der Waals surface area contributed by atoms with E-state index < -0.39 is 10.0 Å². The van der Waals surface area contributed by atoms with Crippen molar-refractivity contribution in [2.75, 3.05) is 38.5 Å². The van der Waals surface area contributed by atoms with Crippen LogP contribution in [0.25, 0.3) is 0 Å². The molecule has 0 bridgehead atoms. The molecule has 2 aliphatic rings. The zero-order valence-corrected chi connectivity index (χ0v) is 18.6. The van der Waals surface area contributed by atoms with Crippen molar-refractivity contribution in [2.24, 2.45) is 4.99 Å². The van der Waals surface area contributed by atoms with Gasteiger partial charge in [-0.1, -0.05) is 19.1 Å². The topological polar surface area (TPSA) is 65.0 Å². The maximum atomic E-state index is 12.6. The number of guanidine groups is 1. The third-order valence-electron chi connectivity index (χ3n) is 5.27. The fourth-order valence-corrected chi connectivity index (χ4v) is 6.29. The maximum absolute atomic E-state index is 12.6. The summed E-state index contributed by atoms with van der Waals surface area (Å²) < 4.78 is 26.9. The maximum Gasteiger partial charge on any atom is 0.243 e. The van der Waals surface area contributed by atoms with Crippen LogP contribution in [0.4, 0.5) is 0 Å². The Balaban J connectivity index is 1.67. The second-order valence-corrected chi connectivity index (χ2v) is 10.6. The predicted molar refractivity (Wildman–Crippen MR) is 117 cm³/mol. The molecule has 156 valence electrons. The quantitative estimate of drug-likeness (QED) is 0.562. The van der Waals surface area contributed by atoms with Crippen LogP contribution in [0.2, 0.25) is 0 Å². The molecule has 0 radical (unpaired) electrons. The Morgan fingerprint density at radius 3 is 2.54 bits per heavy atom. The Morgan fingerprint density at radius 1 is 1.18 bits per heavy atom. The van der Waals surface area contributed by atoms with Gasteiger partial charge in [-0.3, -0.25) is 0 Å². The molecule has 0 saturated carbocycles. The molecule has 3 rings (SSSR count). The van der Waals surface area contributed by atoms with Crippen molar-refractivity contribution in [1.29, 1.82) is 0 Å². The second kappa shape index (κ2) is 9.98. The molecular weight excluding hydrogens is 392 g/mol. The smallest absolute Gasteiger partial charge is 0.243 e. The number of nitrogens with zero attached hydrogens (tertiary/aromatic N) is 3. The van der Waals surface area contributed by atoms with Crippen molar-refractivity contribution >= 4 is 27.7 Å². The number of hydrogen-bond acceptors (Lipinski definition) is 4. The van der Waals surface area contributed by atoms with E-state index >= 15 is 0 Å². The van der Waals surface area contributed by atoms with Crippen LogP contribution >= 0.6 is 11.8 Å². The van der Waals surface area contributed by atoms with Crippen LogP contribution in [0.5, 0.6) is 0 Å². The number of sulfonamides is 1. The van der Waals surface area contributed by atoms with Gasteiger partial charge in [0.15, 0.2) is 5.96 Å². The van der Waals surface area contributed by atoms with E-state index in [4.69, 9.17) is 4.99 Å². The average Bonchev–Trinajstić information content (AvgIpc) is 3.27. The average molecular weight is 425 g/mol. The summed E-state index contributed by atoms with van der Waals surface area (Å²) in [6.45, 7) is 9.02. The molecule has 1 aromatic carbocycles. The van der Waals surface area contributed by atoms with Gasteiger partial charge in [0.05, 0.1) is 11.4 Å². The van der Waals surface area contributed by atoms with Gasteiger partial charge in [-0.15, -0.1) is 0 Å².